The molecule has 1 aromatic carbocycles. The smallest absolute Gasteiger partial charge is 0.223 e. The zero-order valence-corrected chi connectivity index (χ0v) is 14.4. The molecular weight excluding hydrogens is 304 g/mol. The number of carbonyl (C=O) groups excluding carboxylic acids is 1. The van der Waals surface area contributed by atoms with E-state index in [1.165, 1.54) is 0 Å². The number of benzene rings is 1. The van der Waals surface area contributed by atoms with Crippen LogP contribution in [0.5, 0.6) is 0 Å². The summed E-state index contributed by atoms with van der Waals surface area (Å²) in [6.45, 7) is 3.09. The van der Waals surface area contributed by atoms with Gasteiger partial charge in [0.1, 0.15) is 0 Å². The minimum absolute atomic E-state index is 0.155. The van der Waals surface area contributed by atoms with Crippen molar-refractivity contribution in [2.75, 3.05) is 26.7 Å². The lowest BCUT2D eigenvalue weighted by molar-refractivity contribution is -0.189. The van der Waals surface area contributed by atoms with Crippen LogP contribution in [0.1, 0.15) is 31.2 Å². The summed E-state index contributed by atoms with van der Waals surface area (Å²) in [5.41, 5.74) is 0.867. The van der Waals surface area contributed by atoms with Crippen LogP contribution in [0, 0.1) is 5.41 Å². The highest BCUT2D eigenvalue weighted by molar-refractivity contribution is 5.76. The highest BCUT2D eigenvalue weighted by Crippen LogP contribution is 2.49. The standard InChI is InChI=1S/C19H28N2O3/c1-20(14-15-5-3-2-4-6-15)18(24)7-10-21-11-8-19(9-12-21)16(22)13-17(19)23/h2-6,16-17,22-23H,7-14H2,1H3/t16-,17+. The van der Waals surface area contributed by atoms with Crippen LogP contribution >= 0.6 is 0 Å². The van der Waals surface area contributed by atoms with Gasteiger partial charge in [0.25, 0.3) is 0 Å². The first kappa shape index (κ1) is 17.4. The summed E-state index contributed by atoms with van der Waals surface area (Å²) in [6, 6.07) is 10.0. The van der Waals surface area contributed by atoms with Gasteiger partial charge < -0.3 is 20.0 Å². The number of nitrogens with zero attached hydrogens (tertiary/aromatic N) is 2. The van der Waals surface area contributed by atoms with Gasteiger partial charge in [-0.1, -0.05) is 30.3 Å². The van der Waals surface area contributed by atoms with Crippen molar-refractivity contribution in [1.82, 2.24) is 9.80 Å². The van der Waals surface area contributed by atoms with Crippen molar-refractivity contribution in [2.24, 2.45) is 5.41 Å². The maximum atomic E-state index is 12.3. The topological polar surface area (TPSA) is 64.0 Å². The molecule has 5 heteroatoms. The van der Waals surface area contributed by atoms with E-state index in [0.717, 1.165) is 38.0 Å². The SMILES string of the molecule is CN(Cc1ccccc1)C(=O)CCN1CCC2(CC1)[C@H](O)C[C@@H]2O. The fourth-order valence-corrected chi connectivity index (χ4v) is 3.99. The molecule has 2 atom stereocenters. The second-order valence-corrected chi connectivity index (χ2v) is 7.33. The molecule has 2 fully saturated rings. The van der Waals surface area contributed by atoms with Crippen LogP contribution in [-0.2, 0) is 11.3 Å². The van der Waals surface area contributed by atoms with Crippen LogP contribution in [0.3, 0.4) is 0 Å². The molecule has 3 rings (SSSR count). The molecule has 1 saturated heterocycles. The molecule has 2 N–H and O–H groups in total. The van der Waals surface area contributed by atoms with Gasteiger partial charge in [0.15, 0.2) is 0 Å². The number of piperidine rings is 1. The quantitative estimate of drug-likeness (QED) is 0.852. The van der Waals surface area contributed by atoms with Crippen LogP contribution in [-0.4, -0.2) is 64.8 Å². The van der Waals surface area contributed by atoms with E-state index in [-0.39, 0.29) is 23.5 Å². The lowest BCUT2D eigenvalue weighted by Crippen LogP contribution is -2.61. The Morgan fingerprint density at radius 3 is 2.42 bits per heavy atom. The number of amides is 1. The number of likely N-dealkylation sites (tertiary alicyclic amines) is 1. The molecule has 2 aliphatic rings. The average molecular weight is 332 g/mol. The summed E-state index contributed by atoms with van der Waals surface area (Å²) in [6.07, 6.45) is 1.97. The molecule has 1 spiro atoms. The van der Waals surface area contributed by atoms with Crippen molar-refractivity contribution < 1.29 is 15.0 Å². The van der Waals surface area contributed by atoms with Crippen molar-refractivity contribution >= 4 is 5.91 Å². The van der Waals surface area contributed by atoms with Gasteiger partial charge in [-0.3, -0.25) is 4.79 Å². The Labute approximate surface area is 143 Å². The Kier molecular flexibility index (Phi) is 5.23. The first-order valence-electron chi connectivity index (χ1n) is 8.87. The highest BCUT2D eigenvalue weighted by atomic mass is 16.3. The number of carbonyl (C=O) groups is 1. The molecule has 5 nitrogen and oxygen atoms in total. The van der Waals surface area contributed by atoms with Gasteiger partial charge in [0, 0.05) is 38.4 Å². The van der Waals surface area contributed by atoms with E-state index in [0.29, 0.717) is 19.4 Å². The van der Waals surface area contributed by atoms with Gasteiger partial charge in [0.05, 0.1) is 12.2 Å². The van der Waals surface area contributed by atoms with Crippen LogP contribution in [0.2, 0.25) is 0 Å². The van der Waals surface area contributed by atoms with E-state index < -0.39 is 0 Å². The van der Waals surface area contributed by atoms with Crippen LogP contribution in [0.25, 0.3) is 0 Å². The molecule has 1 aromatic rings. The van der Waals surface area contributed by atoms with Gasteiger partial charge in [-0.25, -0.2) is 0 Å². The lowest BCUT2D eigenvalue weighted by atomic mass is 9.58. The van der Waals surface area contributed by atoms with Crippen molar-refractivity contribution in [3.63, 3.8) is 0 Å². The van der Waals surface area contributed by atoms with Gasteiger partial charge in [-0.05, 0) is 31.5 Å². The third-order valence-electron chi connectivity index (χ3n) is 5.89. The summed E-state index contributed by atoms with van der Waals surface area (Å²) in [7, 11) is 1.85. The van der Waals surface area contributed by atoms with E-state index in [1.54, 1.807) is 4.90 Å². The molecule has 1 aliphatic carbocycles. The summed E-state index contributed by atoms with van der Waals surface area (Å²) in [5.74, 6) is 0.155. The first-order valence-corrected chi connectivity index (χ1v) is 8.87. The molecule has 1 aliphatic heterocycles. The molecule has 1 amide bonds. The van der Waals surface area contributed by atoms with Gasteiger partial charge in [-0.15, -0.1) is 0 Å². The zero-order chi connectivity index (χ0) is 17.2. The number of hydrogen-bond donors (Lipinski definition) is 2. The largest absolute Gasteiger partial charge is 0.392 e. The molecular formula is C19H28N2O3. The predicted octanol–water partition coefficient (Wildman–Crippen LogP) is 1.24. The Hall–Kier alpha value is -1.43. The Morgan fingerprint density at radius 2 is 1.83 bits per heavy atom. The minimum atomic E-state index is -0.353. The average Bonchev–Trinajstić information content (AvgIpc) is 2.61. The zero-order valence-electron chi connectivity index (χ0n) is 14.4. The lowest BCUT2D eigenvalue weighted by Gasteiger charge is -2.55. The summed E-state index contributed by atoms with van der Waals surface area (Å²) < 4.78 is 0. The summed E-state index contributed by atoms with van der Waals surface area (Å²) in [5, 5.41) is 19.9. The molecule has 1 saturated carbocycles. The number of aliphatic hydroxyl groups is 2. The second-order valence-electron chi connectivity index (χ2n) is 7.33. The van der Waals surface area contributed by atoms with E-state index in [2.05, 4.69) is 4.90 Å². The fraction of sp³-hybridized carbons (Fsp3) is 0.632. The van der Waals surface area contributed by atoms with Crippen molar-refractivity contribution in [2.45, 2.75) is 44.4 Å². The third-order valence-corrected chi connectivity index (χ3v) is 5.89. The van der Waals surface area contributed by atoms with E-state index in [1.807, 2.05) is 37.4 Å². The second kappa shape index (κ2) is 7.21. The molecule has 0 aromatic heterocycles. The van der Waals surface area contributed by atoms with Gasteiger partial charge >= 0.3 is 0 Å². The maximum Gasteiger partial charge on any atom is 0.223 e. The molecule has 24 heavy (non-hydrogen) atoms. The Morgan fingerprint density at radius 1 is 1.21 bits per heavy atom. The Bertz CT molecular complexity index is 545. The normalized spacial score (nSPS) is 26.1. The molecule has 132 valence electrons. The molecule has 0 radical (unpaired) electrons. The van der Waals surface area contributed by atoms with Gasteiger partial charge in [0.2, 0.25) is 5.91 Å². The molecule has 0 bridgehead atoms. The van der Waals surface area contributed by atoms with Crippen molar-refractivity contribution in [3.8, 4) is 0 Å². The van der Waals surface area contributed by atoms with Crippen molar-refractivity contribution in [3.05, 3.63) is 35.9 Å². The Balaban J connectivity index is 1.41. The van der Waals surface area contributed by atoms with Crippen LogP contribution < -0.4 is 0 Å². The van der Waals surface area contributed by atoms with Crippen LogP contribution in [0.15, 0.2) is 30.3 Å². The van der Waals surface area contributed by atoms with Gasteiger partial charge in [-0.2, -0.15) is 0 Å². The molecule has 0 unspecified atom stereocenters. The maximum absolute atomic E-state index is 12.3. The van der Waals surface area contributed by atoms with E-state index >= 15 is 0 Å². The fourth-order valence-electron chi connectivity index (χ4n) is 3.99. The first-order chi connectivity index (χ1) is 11.5. The monoisotopic (exact) mass is 332 g/mol. The predicted molar refractivity (Wildman–Crippen MR) is 92.3 cm³/mol. The number of aliphatic hydroxyl groups excluding tert-OH is 2. The third kappa shape index (κ3) is 3.48. The van der Waals surface area contributed by atoms with Crippen LogP contribution in [0.4, 0.5) is 0 Å². The highest BCUT2D eigenvalue weighted by Gasteiger charge is 2.54. The van der Waals surface area contributed by atoms with Crippen molar-refractivity contribution in [1.29, 1.82) is 0 Å². The molecule has 1 heterocycles. The summed E-state index contributed by atoms with van der Waals surface area (Å²) in [4.78, 5) is 16.4. The van der Waals surface area contributed by atoms with E-state index in [4.69, 9.17) is 0 Å². The summed E-state index contributed by atoms with van der Waals surface area (Å²) >= 11 is 0. The number of rotatable bonds is 5. The minimum Gasteiger partial charge on any atom is -0.392 e. The number of hydrogen-bond acceptors (Lipinski definition) is 4. The van der Waals surface area contributed by atoms with E-state index in [9.17, 15) is 15.0 Å².